The zero-order valence-corrected chi connectivity index (χ0v) is 19.1. The molecule has 32 heavy (non-hydrogen) atoms. The first kappa shape index (κ1) is 25.0. The van der Waals surface area contributed by atoms with Crippen LogP contribution in [0.3, 0.4) is 0 Å². The number of rotatable bonds is 11. The molecule has 1 aliphatic heterocycles. The normalized spacial score (nSPS) is 15.8. The summed E-state index contributed by atoms with van der Waals surface area (Å²) in [5.41, 5.74) is 0.639. The van der Waals surface area contributed by atoms with Gasteiger partial charge in [-0.05, 0) is 38.3 Å². The third-order valence-electron chi connectivity index (χ3n) is 4.77. The Bertz CT molecular complexity index is 896. The van der Waals surface area contributed by atoms with Crippen LogP contribution in [0, 0.1) is 10.1 Å². The van der Waals surface area contributed by atoms with E-state index in [0.717, 1.165) is 12.8 Å². The maximum atomic E-state index is 12.9. The van der Waals surface area contributed by atoms with E-state index < -0.39 is 23.0 Å². The molecule has 10 nitrogen and oxygen atoms in total. The number of nitrogens with zero attached hydrogens (tertiary/aromatic N) is 1. The largest absolute Gasteiger partial charge is 0.493 e. The fourth-order valence-corrected chi connectivity index (χ4v) is 3.36. The van der Waals surface area contributed by atoms with E-state index in [1.165, 1.54) is 19.2 Å². The number of nitro benzene ring substituents is 1. The van der Waals surface area contributed by atoms with Crippen LogP contribution in [0.1, 0.15) is 65.0 Å². The van der Waals surface area contributed by atoms with E-state index in [2.05, 4.69) is 10.6 Å². The average molecular weight is 450 g/mol. The lowest BCUT2D eigenvalue weighted by atomic mass is 9.93. The van der Waals surface area contributed by atoms with E-state index in [4.69, 9.17) is 14.2 Å². The lowest BCUT2D eigenvalue weighted by Crippen LogP contribution is -2.46. The molecule has 0 bridgehead atoms. The van der Waals surface area contributed by atoms with Crippen molar-refractivity contribution in [2.45, 2.75) is 65.5 Å². The molecule has 176 valence electrons. The summed E-state index contributed by atoms with van der Waals surface area (Å²) in [7, 11) is 1.38. The standard InChI is InChI=1S/C22H31N3O7/c1-6-8-10-31-20-16(25(28)29)11-14(12-17(20)30-5)19-18(21(26)32-13(3)4)15(9-7-2)23-22(27)24-19/h11-13,19H,6-10H2,1-5H3,(H2,23,24,27). The lowest BCUT2D eigenvalue weighted by molar-refractivity contribution is -0.386. The lowest BCUT2D eigenvalue weighted by Gasteiger charge is -2.30. The van der Waals surface area contributed by atoms with Gasteiger partial charge in [0.05, 0.1) is 36.4 Å². The molecule has 1 atom stereocenters. The number of esters is 1. The van der Waals surface area contributed by atoms with Crippen molar-refractivity contribution in [3.05, 3.63) is 39.1 Å². The molecule has 1 aromatic rings. The molecule has 0 fully saturated rings. The maximum absolute atomic E-state index is 12.9. The zero-order valence-electron chi connectivity index (χ0n) is 19.1. The molecule has 0 saturated heterocycles. The summed E-state index contributed by atoms with van der Waals surface area (Å²) < 4.78 is 16.4. The highest BCUT2D eigenvalue weighted by atomic mass is 16.6. The van der Waals surface area contributed by atoms with Gasteiger partial charge < -0.3 is 24.8 Å². The number of carbonyl (C=O) groups is 2. The molecule has 0 saturated carbocycles. The second kappa shape index (κ2) is 11.4. The van der Waals surface area contributed by atoms with Gasteiger partial charge in [0.15, 0.2) is 5.75 Å². The van der Waals surface area contributed by atoms with Crippen LogP contribution >= 0.6 is 0 Å². The Kier molecular flexibility index (Phi) is 8.86. The topological polar surface area (TPSA) is 129 Å². The van der Waals surface area contributed by atoms with Crippen LogP contribution < -0.4 is 20.1 Å². The summed E-state index contributed by atoms with van der Waals surface area (Å²) in [6.07, 6.45) is 2.31. The van der Waals surface area contributed by atoms with Crippen molar-refractivity contribution in [1.29, 1.82) is 0 Å². The van der Waals surface area contributed by atoms with Crippen LogP contribution in [0.5, 0.6) is 11.5 Å². The van der Waals surface area contributed by atoms with Crippen LogP contribution in [-0.2, 0) is 9.53 Å². The van der Waals surface area contributed by atoms with Crippen LogP contribution in [-0.4, -0.2) is 36.7 Å². The summed E-state index contributed by atoms with van der Waals surface area (Å²) in [5, 5.41) is 17.2. The Morgan fingerprint density at radius 2 is 1.97 bits per heavy atom. The summed E-state index contributed by atoms with van der Waals surface area (Å²) in [5.74, 6) is -0.448. The van der Waals surface area contributed by atoms with Gasteiger partial charge in [-0.1, -0.05) is 26.7 Å². The third kappa shape index (κ3) is 5.89. The van der Waals surface area contributed by atoms with Gasteiger partial charge in [-0.3, -0.25) is 10.1 Å². The predicted molar refractivity (Wildman–Crippen MR) is 118 cm³/mol. The number of nitro groups is 1. The minimum atomic E-state index is -0.950. The van der Waals surface area contributed by atoms with Gasteiger partial charge in [-0.2, -0.15) is 0 Å². The predicted octanol–water partition coefficient (Wildman–Crippen LogP) is 4.14. The zero-order chi connectivity index (χ0) is 23.8. The van der Waals surface area contributed by atoms with Gasteiger partial charge in [0, 0.05) is 11.8 Å². The van der Waals surface area contributed by atoms with E-state index in [1.807, 2.05) is 13.8 Å². The number of amides is 2. The maximum Gasteiger partial charge on any atom is 0.338 e. The van der Waals surface area contributed by atoms with Gasteiger partial charge in [-0.25, -0.2) is 9.59 Å². The Labute approximate surface area is 187 Å². The summed E-state index contributed by atoms with van der Waals surface area (Å²) in [4.78, 5) is 36.5. The number of allylic oxidation sites excluding steroid dienone is 1. The molecular weight excluding hydrogens is 418 g/mol. The number of ether oxygens (including phenoxy) is 3. The fraction of sp³-hybridized carbons (Fsp3) is 0.545. The van der Waals surface area contributed by atoms with Crippen molar-refractivity contribution in [2.75, 3.05) is 13.7 Å². The van der Waals surface area contributed by atoms with E-state index in [9.17, 15) is 19.7 Å². The quantitative estimate of drug-likeness (QED) is 0.225. The smallest absolute Gasteiger partial charge is 0.338 e. The Balaban J connectivity index is 2.64. The van der Waals surface area contributed by atoms with Crippen LogP contribution in [0.4, 0.5) is 10.5 Å². The van der Waals surface area contributed by atoms with Gasteiger partial charge in [0.25, 0.3) is 0 Å². The molecule has 1 unspecified atom stereocenters. The average Bonchev–Trinajstić information content (AvgIpc) is 2.72. The number of carbonyl (C=O) groups excluding carboxylic acids is 2. The van der Waals surface area contributed by atoms with Crippen molar-refractivity contribution in [3.63, 3.8) is 0 Å². The van der Waals surface area contributed by atoms with E-state index in [1.54, 1.807) is 13.8 Å². The Morgan fingerprint density at radius 3 is 2.53 bits per heavy atom. The molecule has 2 amide bonds. The highest BCUT2D eigenvalue weighted by Crippen LogP contribution is 2.42. The van der Waals surface area contributed by atoms with Crippen molar-refractivity contribution in [3.8, 4) is 11.5 Å². The highest BCUT2D eigenvalue weighted by molar-refractivity contribution is 5.95. The van der Waals surface area contributed by atoms with E-state index in [0.29, 0.717) is 30.7 Å². The van der Waals surface area contributed by atoms with Crippen molar-refractivity contribution in [2.24, 2.45) is 0 Å². The van der Waals surface area contributed by atoms with Crippen molar-refractivity contribution < 1.29 is 28.7 Å². The minimum absolute atomic E-state index is 0.0130. The Morgan fingerprint density at radius 1 is 1.25 bits per heavy atom. The first-order chi connectivity index (χ1) is 15.2. The first-order valence-corrected chi connectivity index (χ1v) is 10.7. The molecule has 2 N–H and O–H groups in total. The molecule has 1 aliphatic rings. The van der Waals surface area contributed by atoms with Gasteiger partial charge >= 0.3 is 17.7 Å². The molecule has 0 radical (unpaired) electrons. The third-order valence-corrected chi connectivity index (χ3v) is 4.77. The Hall–Kier alpha value is -3.30. The second-order valence-corrected chi connectivity index (χ2v) is 7.66. The molecule has 0 aromatic heterocycles. The first-order valence-electron chi connectivity index (χ1n) is 10.7. The molecule has 1 aromatic carbocycles. The molecular formula is C22H31N3O7. The summed E-state index contributed by atoms with van der Waals surface area (Å²) >= 11 is 0. The second-order valence-electron chi connectivity index (χ2n) is 7.66. The molecule has 1 heterocycles. The number of unbranched alkanes of at least 4 members (excludes halogenated alkanes) is 1. The number of benzene rings is 1. The van der Waals surface area contributed by atoms with E-state index >= 15 is 0 Å². The van der Waals surface area contributed by atoms with Gasteiger partial charge in [0.1, 0.15) is 0 Å². The molecule has 2 rings (SSSR count). The summed E-state index contributed by atoms with van der Waals surface area (Å²) in [6.45, 7) is 7.63. The van der Waals surface area contributed by atoms with Gasteiger partial charge in [0.2, 0.25) is 5.75 Å². The van der Waals surface area contributed by atoms with E-state index in [-0.39, 0.29) is 28.9 Å². The molecule has 0 spiro atoms. The van der Waals surface area contributed by atoms with Crippen LogP contribution in [0.25, 0.3) is 0 Å². The minimum Gasteiger partial charge on any atom is -0.493 e. The SMILES string of the molecule is CCCCOc1c(OC)cc(C2NC(=O)NC(CCC)=C2C(=O)OC(C)C)cc1[N+](=O)[O-]. The monoisotopic (exact) mass is 449 g/mol. The summed E-state index contributed by atoms with van der Waals surface area (Å²) in [6, 6.07) is 1.38. The fourth-order valence-electron chi connectivity index (χ4n) is 3.36. The van der Waals surface area contributed by atoms with Crippen LogP contribution in [0.2, 0.25) is 0 Å². The van der Waals surface area contributed by atoms with Crippen molar-refractivity contribution >= 4 is 17.7 Å². The number of hydrogen-bond acceptors (Lipinski definition) is 7. The van der Waals surface area contributed by atoms with Crippen LogP contribution in [0.15, 0.2) is 23.4 Å². The number of nitrogens with one attached hydrogen (secondary N) is 2. The van der Waals surface area contributed by atoms with Crippen molar-refractivity contribution in [1.82, 2.24) is 10.6 Å². The highest BCUT2D eigenvalue weighted by Gasteiger charge is 2.36. The molecule has 10 heteroatoms. The number of methoxy groups -OCH3 is 1. The number of hydrogen-bond donors (Lipinski definition) is 2. The number of urea groups is 1. The van der Waals surface area contributed by atoms with Gasteiger partial charge in [-0.15, -0.1) is 0 Å². The molecule has 0 aliphatic carbocycles.